The van der Waals surface area contributed by atoms with Crippen LogP contribution in [0, 0.1) is 0 Å². The summed E-state index contributed by atoms with van der Waals surface area (Å²) in [5, 5.41) is 3.81. The van der Waals surface area contributed by atoms with Crippen LogP contribution in [0.25, 0.3) is 0 Å². The number of aromatic nitrogens is 2. The van der Waals surface area contributed by atoms with Crippen LogP contribution in [0.15, 0.2) is 24.3 Å². The molecule has 1 aromatic heterocycles. The monoisotopic (exact) mass is 331 g/mol. The van der Waals surface area contributed by atoms with Crippen LogP contribution in [0.5, 0.6) is 11.5 Å². The second-order valence-electron chi connectivity index (χ2n) is 5.86. The molecule has 5 nitrogen and oxygen atoms in total. The van der Waals surface area contributed by atoms with Crippen LogP contribution in [0.1, 0.15) is 36.6 Å². The third-order valence-corrected chi connectivity index (χ3v) is 4.16. The fraction of sp³-hybridized carbons (Fsp3) is 0.412. The van der Waals surface area contributed by atoms with E-state index < -0.39 is 0 Å². The van der Waals surface area contributed by atoms with Gasteiger partial charge in [0, 0.05) is 30.5 Å². The molecular formula is C17H18ClN3O2. The van der Waals surface area contributed by atoms with Gasteiger partial charge in [-0.15, -0.1) is 0 Å². The fourth-order valence-corrected chi connectivity index (χ4v) is 2.82. The summed E-state index contributed by atoms with van der Waals surface area (Å²) in [7, 11) is 0. The van der Waals surface area contributed by atoms with E-state index in [1.807, 2.05) is 18.2 Å². The van der Waals surface area contributed by atoms with Crippen molar-refractivity contribution in [2.24, 2.45) is 0 Å². The molecule has 1 N–H and O–H groups in total. The molecule has 1 saturated carbocycles. The van der Waals surface area contributed by atoms with Gasteiger partial charge in [0.1, 0.15) is 16.8 Å². The number of para-hydroxylation sites is 1. The smallest absolute Gasteiger partial charge is 0.166 e. The first-order valence-corrected chi connectivity index (χ1v) is 8.33. The highest BCUT2D eigenvalue weighted by molar-refractivity contribution is 6.29. The number of anilines is 1. The van der Waals surface area contributed by atoms with Crippen molar-refractivity contribution in [1.29, 1.82) is 0 Å². The Hall–Kier alpha value is -2.01. The summed E-state index contributed by atoms with van der Waals surface area (Å²) in [6.45, 7) is 1.97. The van der Waals surface area contributed by atoms with Crippen LogP contribution in [0.2, 0.25) is 5.15 Å². The Labute approximate surface area is 140 Å². The van der Waals surface area contributed by atoms with E-state index in [0.717, 1.165) is 48.0 Å². The molecular weight excluding hydrogens is 314 g/mol. The van der Waals surface area contributed by atoms with Gasteiger partial charge in [-0.1, -0.05) is 23.7 Å². The van der Waals surface area contributed by atoms with Gasteiger partial charge in [-0.3, -0.25) is 0 Å². The molecule has 120 valence electrons. The average Bonchev–Trinajstić information content (AvgIpc) is 3.38. The lowest BCUT2D eigenvalue weighted by molar-refractivity contribution is 0.296. The number of ether oxygens (including phenoxy) is 2. The summed E-state index contributed by atoms with van der Waals surface area (Å²) < 4.78 is 11.6. The molecule has 1 aliphatic heterocycles. The van der Waals surface area contributed by atoms with E-state index in [4.69, 9.17) is 21.1 Å². The van der Waals surface area contributed by atoms with E-state index in [2.05, 4.69) is 15.3 Å². The quantitative estimate of drug-likeness (QED) is 0.864. The number of rotatable bonds is 4. The van der Waals surface area contributed by atoms with Crippen molar-refractivity contribution in [2.75, 3.05) is 18.5 Å². The minimum atomic E-state index is 0.471. The van der Waals surface area contributed by atoms with Gasteiger partial charge in [-0.25, -0.2) is 9.97 Å². The molecule has 0 unspecified atom stereocenters. The molecule has 0 bridgehead atoms. The van der Waals surface area contributed by atoms with Crippen LogP contribution >= 0.6 is 11.6 Å². The molecule has 2 aliphatic rings. The van der Waals surface area contributed by atoms with E-state index in [0.29, 0.717) is 30.8 Å². The highest BCUT2D eigenvalue weighted by Gasteiger charge is 2.27. The predicted molar refractivity (Wildman–Crippen MR) is 88.4 cm³/mol. The molecule has 0 atom stereocenters. The first-order chi connectivity index (χ1) is 11.3. The normalized spacial score (nSPS) is 16.7. The standard InChI is InChI=1S/C17H18ClN3O2/c18-14-9-15(21-17(20-14)11-5-6-11)19-10-12-3-1-4-13-16(12)23-8-2-7-22-13/h1,3-4,9,11H,2,5-8,10H2,(H,19,20,21). The Morgan fingerprint density at radius 3 is 2.91 bits per heavy atom. The summed E-state index contributed by atoms with van der Waals surface area (Å²) in [5.41, 5.74) is 1.05. The number of hydrogen-bond acceptors (Lipinski definition) is 5. The van der Waals surface area contributed by atoms with Crippen LogP contribution in [-0.2, 0) is 6.54 Å². The molecule has 0 spiro atoms. The molecule has 23 heavy (non-hydrogen) atoms. The second-order valence-corrected chi connectivity index (χ2v) is 6.24. The molecule has 2 heterocycles. The number of hydrogen-bond donors (Lipinski definition) is 1. The van der Waals surface area contributed by atoms with Gasteiger partial charge < -0.3 is 14.8 Å². The zero-order valence-corrected chi connectivity index (χ0v) is 13.5. The van der Waals surface area contributed by atoms with Gasteiger partial charge in [0.25, 0.3) is 0 Å². The molecule has 6 heteroatoms. The van der Waals surface area contributed by atoms with Crippen molar-refractivity contribution in [3.63, 3.8) is 0 Å². The van der Waals surface area contributed by atoms with Crippen molar-refractivity contribution < 1.29 is 9.47 Å². The lowest BCUT2D eigenvalue weighted by Crippen LogP contribution is -2.06. The molecule has 4 rings (SSSR count). The molecule has 1 fully saturated rings. The topological polar surface area (TPSA) is 56.3 Å². The lowest BCUT2D eigenvalue weighted by Gasteiger charge is -2.13. The predicted octanol–water partition coefficient (Wildman–Crippen LogP) is 3.78. The van der Waals surface area contributed by atoms with Gasteiger partial charge in [-0.2, -0.15) is 0 Å². The van der Waals surface area contributed by atoms with Crippen molar-refractivity contribution in [1.82, 2.24) is 9.97 Å². The Balaban J connectivity index is 1.53. The first kappa shape index (κ1) is 14.6. The molecule has 0 saturated heterocycles. The SMILES string of the molecule is Clc1cc(NCc2cccc3c2OCCCO3)nc(C2CC2)n1. The van der Waals surface area contributed by atoms with Crippen molar-refractivity contribution in [3.05, 3.63) is 40.8 Å². The molecule has 0 amide bonds. The highest BCUT2D eigenvalue weighted by Crippen LogP contribution is 2.39. The van der Waals surface area contributed by atoms with Crippen molar-refractivity contribution in [2.45, 2.75) is 31.7 Å². The molecule has 1 aromatic carbocycles. The van der Waals surface area contributed by atoms with Crippen LogP contribution in [0.4, 0.5) is 5.82 Å². The van der Waals surface area contributed by atoms with Gasteiger partial charge in [0.05, 0.1) is 13.2 Å². The van der Waals surface area contributed by atoms with E-state index in [9.17, 15) is 0 Å². The minimum absolute atomic E-state index is 0.471. The number of halogens is 1. The Bertz CT molecular complexity index is 719. The highest BCUT2D eigenvalue weighted by atomic mass is 35.5. The maximum atomic E-state index is 6.10. The third-order valence-electron chi connectivity index (χ3n) is 3.97. The van der Waals surface area contributed by atoms with Crippen LogP contribution in [0.3, 0.4) is 0 Å². The first-order valence-electron chi connectivity index (χ1n) is 7.95. The fourth-order valence-electron chi connectivity index (χ4n) is 2.63. The number of nitrogens with zero attached hydrogens (tertiary/aromatic N) is 2. The third kappa shape index (κ3) is 3.34. The van der Waals surface area contributed by atoms with Gasteiger partial charge in [0.2, 0.25) is 0 Å². The van der Waals surface area contributed by atoms with Gasteiger partial charge in [0.15, 0.2) is 11.5 Å². The minimum Gasteiger partial charge on any atom is -0.490 e. The van der Waals surface area contributed by atoms with E-state index in [1.54, 1.807) is 6.07 Å². The lowest BCUT2D eigenvalue weighted by atomic mass is 10.2. The number of fused-ring (bicyclic) bond motifs is 1. The van der Waals surface area contributed by atoms with Crippen molar-refractivity contribution >= 4 is 17.4 Å². The van der Waals surface area contributed by atoms with Gasteiger partial charge in [-0.05, 0) is 18.9 Å². The zero-order chi connectivity index (χ0) is 15.6. The summed E-state index contributed by atoms with van der Waals surface area (Å²) in [4.78, 5) is 8.87. The molecule has 0 radical (unpaired) electrons. The maximum absolute atomic E-state index is 6.10. The number of nitrogens with one attached hydrogen (secondary N) is 1. The molecule has 2 aromatic rings. The summed E-state index contributed by atoms with van der Waals surface area (Å²) in [6, 6.07) is 7.71. The second kappa shape index (κ2) is 6.24. The largest absolute Gasteiger partial charge is 0.490 e. The van der Waals surface area contributed by atoms with E-state index >= 15 is 0 Å². The van der Waals surface area contributed by atoms with Gasteiger partial charge >= 0.3 is 0 Å². The van der Waals surface area contributed by atoms with E-state index in [1.165, 1.54) is 0 Å². The maximum Gasteiger partial charge on any atom is 0.166 e. The Morgan fingerprint density at radius 1 is 1.17 bits per heavy atom. The Kier molecular flexibility index (Phi) is 3.95. The zero-order valence-electron chi connectivity index (χ0n) is 12.7. The number of benzene rings is 1. The summed E-state index contributed by atoms with van der Waals surface area (Å²) in [6.07, 6.45) is 3.20. The van der Waals surface area contributed by atoms with E-state index in [-0.39, 0.29) is 0 Å². The van der Waals surface area contributed by atoms with Crippen LogP contribution in [-0.4, -0.2) is 23.2 Å². The van der Waals surface area contributed by atoms with Crippen molar-refractivity contribution in [3.8, 4) is 11.5 Å². The molecule has 1 aliphatic carbocycles. The summed E-state index contributed by atoms with van der Waals surface area (Å²) >= 11 is 6.10. The summed E-state index contributed by atoms with van der Waals surface area (Å²) in [5.74, 6) is 3.69. The average molecular weight is 332 g/mol. The van der Waals surface area contributed by atoms with Crippen LogP contribution < -0.4 is 14.8 Å². The Morgan fingerprint density at radius 2 is 2.04 bits per heavy atom.